The number of rotatable bonds is 5. The Kier molecular flexibility index (Phi) is 5.03. The highest BCUT2D eigenvalue weighted by atomic mass is 19.1. The van der Waals surface area contributed by atoms with Crippen LogP contribution in [0.4, 0.5) is 10.2 Å². The molecule has 100 valence electrons. The maximum absolute atomic E-state index is 13.0. The van der Waals surface area contributed by atoms with Crippen LogP contribution >= 0.6 is 0 Å². The molecule has 0 fully saturated rings. The smallest absolute Gasteiger partial charge is 0.255 e. The zero-order valence-corrected chi connectivity index (χ0v) is 10.9. The maximum Gasteiger partial charge on any atom is 0.255 e. The molecule has 0 aliphatic carbocycles. The number of nitrogens with one attached hydrogen (secondary N) is 1. The molecule has 6 heteroatoms. The Hall–Kier alpha value is -1.69. The summed E-state index contributed by atoms with van der Waals surface area (Å²) in [6, 6.07) is 1.08. The quantitative estimate of drug-likeness (QED) is 0.818. The molecule has 0 spiro atoms. The number of hydrogen-bond acceptors (Lipinski definition) is 4. The van der Waals surface area contributed by atoms with E-state index >= 15 is 0 Å². The van der Waals surface area contributed by atoms with Crippen LogP contribution in [0, 0.1) is 5.82 Å². The highest BCUT2D eigenvalue weighted by Gasteiger charge is 2.14. The fraction of sp³-hybridized carbons (Fsp3) is 0.500. The van der Waals surface area contributed by atoms with Crippen LogP contribution in [0.5, 0.6) is 0 Å². The Bertz CT molecular complexity index is 423. The summed E-state index contributed by atoms with van der Waals surface area (Å²) in [5.74, 6) is -0.935. The number of amides is 1. The van der Waals surface area contributed by atoms with E-state index in [-0.39, 0.29) is 17.4 Å². The van der Waals surface area contributed by atoms with Gasteiger partial charge in [0.25, 0.3) is 5.91 Å². The molecule has 1 atom stereocenters. The molecule has 1 aromatic rings. The summed E-state index contributed by atoms with van der Waals surface area (Å²) in [6.45, 7) is 2.75. The number of nitrogen functional groups attached to an aromatic ring is 1. The van der Waals surface area contributed by atoms with E-state index in [0.29, 0.717) is 0 Å². The average molecular weight is 254 g/mol. The Balaban J connectivity index is 2.62. The van der Waals surface area contributed by atoms with Crippen LogP contribution in [-0.2, 0) is 0 Å². The lowest BCUT2D eigenvalue weighted by Gasteiger charge is -2.17. The van der Waals surface area contributed by atoms with Gasteiger partial charge >= 0.3 is 0 Å². The summed E-state index contributed by atoms with van der Waals surface area (Å²) in [6.07, 6.45) is 1.79. The fourth-order valence-electron chi connectivity index (χ4n) is 1.46. The van der Waals surface area contributed by atoms with Crippen LogP contribution in [0.1, 0.15) is 23.7 Å². The molecule has 0 aliphatic heterocycles. The van der Waals surface area contributed by atoms with Gasteiger partial charge in [-0.15, -0.1) is 0 Å². The van der Waals surface area contributed by atoms with E-state index in [1.807, 2.05) is 25.9 Å². The topological polar surface area (TPSA) is 71.2 Å². The van der Waals surface area contributed by atoms with Gasteiger partial charge in [0.05, 0.1) is 11.8 Å². The molecule has 0 aliphatic rings. The van der Waals surface area contributed by atoms with Gasteiger partial charge in [0.2, 0.25) is 0 Å². The molecule has 1 unspecified atom stereocenters. The van der Waals surface area contributed by atoms with Crippen molar-refractivity contribution < 1.29 is 9.18 Å². The minimum absolute atomic E-state index is 0.0115. The maximum atomic E-state index is 13.0. The van der Waals surface area contributed by atoms with E-state index in [1.54, 1.807) is 0 Å². The highest BCUT2D eigenvalue weighted by molar-refractivity contribution is 5.98. The third-order valence-electron chi connectivity index (χ3n) is 2.52. The van der Waals surface area contributed by atoms with E-state index < -0.39 is 11.7 Å². The molecule has 18 heavy (non-hydrogen) atoms. The van der Waals surface area contributed by atoms with Crippen LogP contribution in [-0.4, -0.2) is 42.5 Å². The van der Waals surface area contributed by atoms with Gasteiger partial charge in [-0.2, -0.15) is 0 Å². The van der Waals surface area contributed by atoms with Gasteiger partial charge in [0.15, 0.2) is 0 Å². The summed E-state index contributed by atoms with van der Waals surface area (Å²) < 4.78 is 13.0. The molecular weight excluding hydrogens is 235 g/mol. The van der Waals surface area contributed by atoms with Crippen molar-refractivity contribution in [2.75, 3.05) is 26.4 Å². The van der Waals surface area contributed by atoms with Crippen LogP contribution in [0.2, 0.25) is 0 Å². The molecular formula is C12H19FN4O. The second-order valence-corrected chi connectivity index (χ2v) is 4.55. The minimum Gasteiger partial charge on any atom is -0.383 e. The lowest BCUT2D eigenvalue weighted by molar-refractivity contribution is 0.0937. The highest BCUT2D eigenvalue weighted by Crippen LogP contribution is 2.10. The van der Waals surface area contributed by atoms with Crippen LogP contribution in [0.25, 0.3) is 0 Å². The van der Waals surface area contributed by atoms with Crippen molar-refractivity contribution in [3.05, 3.63) is 23.6 Å². The molecule has 0 aromatic carbocycles. The van der Waals surface area contributed by atoms with Crippen molar-refractivity contribution in [1.82, 2.24) is 15.2 Å². The van der Waals surface area contributed by atoms with E-state index in [2.05, 4.69) is 10.3 Å². The number of nitrogens with two attached hydrogens (primary N) is 1. The predicted octanol–water partition coefficient (Wildman–Crippen LogP) is 0.873. The predicted molar refractivity (Wildman–Crippen MR) is 68.7 cm³/mol. The van der Waals surface area contributed by atoms with Gasteiger partial charge < -0.3 is 16.0 Å². The Morgan fingerprint density at radius 2 is 2.28 bits per heavy atom. The lowest BCUT2D eigenvalue weighted by atomic mass is 10.2. The molecule has 0 saturated carbocycles. The number of carbonyl (C=O) groups is 1. The molecule has 1 aromatic heterocycles. The van der Waals surface area contributed by atoms with Gasteiger partial charge in [-0.05, 0) is 40.1 Å². The standard InChI is InChI=1S/C12H19FN4O/c1-8(4-5-17(2)3)16-12(18)10-6-9(13)7-15-11(10)14/h6-8H,4-5H2,1-3H3,(H2,14,15)(H,16,18). The van der Waals surface area contributed by atoms with Gasteiger partial charge in [0.1, 0.15) is 11.6 Å². The second kappa shape index (κ2) is 6.30. The summed E-state index contributed by atoms with van der Waals surface area (Å²) in [7, 11) is 3.92. The first-order valence-electron chi connectivity index (χ1n) is 5.76. The molecule has 1 amide bonds. The van der Waals surface area contributed by atoms with Gasteiger partial charge in [-0.1, -0.05) is 0 Å². The molecule has 1 rings (SSSR count). The van der Waals surface area contributed by atoms with E-state index in [4.69, 9.17) is 5.73 Å². The average Bonchev–Trinajstić information content (AvgIpc) is 2.29. The SMILES string of the molecule is CC(CCN(C)C)NC(=O)c1cc(F)cnc1N. The van der Waals surface area contributed by atoms with Gasteiger partial charge in [-0.25, -0.2) is 9.37 Å². The third-order valence-corrected chi connectivity index (χ3v) is 2.52. The second-order valence-electron chi connectivity index (χ2n) is 4.55. The number of carbonyl (C=O) groups excluding carboxylic acids is 1. The van der Waals surface area contributed by atoms with Crippen molar-refractivity contribution in [2.45, 2.75) is 19.4 Å². The molecule has 3 N–H and O–H groups in total. The molecule has 0 saturated heterocycles. The van der Waals surface area contributed by atoms with Crippen molar-refractivity contribution in [3.8, 4) is 0 Å². The Morgan fingerprint density at radius 3 is 2.89 bits per heavy atom. The number of pyridine rings is 1. The molecule has 0 radical (unpaired) electrons. The summed E-state index contributed by atoms with van der Waals surface area (Å²) in [4.78, 5) is 17.5. The molecule has 0 bridgehead atoms. The van der Waals surface area contributed by atoms with Crippen LogP contribution in [0.3, 0.4) is 0 Å². The Labute approximate surface area is 106 Å². The molecule has 1 heterocycles. The molecule has 5 nitrogen and oxygen atoms in total. The first kappa shape index (κ1) is 14.4. The van der Waals surface area contributed by atoms with Gasteiger partial charge in [0, 0.05) is 6.04 Å². The van der Waals surface area contributed by atoms with E-state index in [1.165, 1.54) is 0 Å². The first-order chi connectivity index (χ1) is 8.40. The Morgan fingerprint density at radius 1 is 1.61 bits per heavy atom. The number of nitrogens with zero attached hydrogens (tertiary/aromatic N) is 2. The van der Waals surface area contributed by atoms with Crippen LogP contribution in [0.15, 0.2) is 12.3 Å². The monoisotopic (exact) mass is 254 g/mol. The normalized spacial score (nSPS) is 12.5. The summed E-state index contributed by atoms with van der Waals surface area (Å²) in [5.41, 5.74) is 5.62. The first-order valence-corrected chi connectivity index (χ1v) is 5.76. The number of hydrogen-bond donors (Lipinski definition) is 2. The third kappa shape index (κ3) is 4.29. The van der Waals surface area contributed by atoms with Crippen LogP contribution < -0.4 is 11.1 Å². The lowest BCUT2D eigenvalue weighted by Crippen LogP contribution is -2.35. The number of aromatic nitrogens is 1. The largest absolute Gasteiger partial charge is 0.383 e. The van der Waals surface area contributed by atoms with E-state index in [0.717, 1.165) is 25.2 Å². The van der Waals surface area contributed by atoms with Crippen molar-refractivity contribution >= 4 is 11.7 Å². The summed E-state index contributed by atoms with van der Waals surface area (Å²) >= 11 is 0. The zero-order chi connectivity index (χ0) is 13.7. The van der Waals surface area contributed by atoms with Crippen molar-refractivity contribution in [3.63, 3.8) is 0 Å². The zero-order valence-electron chi connectivity index (χ0n) is 10.9. The minimum atomic E-state index is -0.574. The van der Waals surface area contributed by atoms with Crippen molar-refractivity contribution in [1.29, 1.82) is 0 Å². The van der Waals surface area contributed by atoms with E-state index in [9.17, 15) is 9.18 Å². The summed E-state index contributed by atoms with van der Waals surface area (Å²) in [5, 5.41) is 2.77. The number of anilines is 1. The van der Waals surface area contributed by atoms with Gasteiger partial charge in [-0.3, -0.25) is 4.79 Å². The number of halogens is 1. The fourth-order valence-corrected chi connectivity index (χ4v) is 1.46. The van der Waals surface area contributed by atoms with Crippen molar-refractivity contribution in [2.24, 2.45) is 0 Å².